The molecule has 2 saturated carbocycles. The number of ketones is 1. The molecule has 2 aliphatic rings. The Morgan fingerprint density at radius 1 is 1.05 bits per heavy atom. The lowest BCUT2D eigenvalue weighted by Gasteiger charge is -2.36. The van der Waals surface area contributed by atoms with Crippen LogP contribution in [-0.2, 0) is 20.7 Å². The van der Waals surface area contributed by atoms with E-state index in [0.29, 0.717) is 35.6 Å². The van der Waals surface area contributed by atoms with E-state index in [0.717, 1.165) is 25.7 Å². The molecule has 2 aliphatic carbocycles. The normalized spacial score (nSPS) is 24.1. The van der Waals surface area contributed by atoms with Crippen molar-refractivity contribution in [2.24, 2.45) is 29.4 Å². The molecular formula is C29H37BrF2N2O4S. The van der Waals surface area contributed by atoms with Crippen molar-refractivity contribution in [1.29, 1.82) is 0 Å². The number of nitrogens with two attached hydrogens (primary N) is 1. The molecule has 0 heterocycles. The van der Waals surface area contributed by atoms with Gasteiger partial charge in [0.1, 0.15) is 11.8 Å². The fourth-order valence-corrected chi connectivity index (χ4v) is 7.53. The first-order valence-electron chi connectivity index (χ1n) is 13.6. The van der Waals surface area contributed by atoms with Gasteiger partial charge in [-0.1, -0.05) is 54.8 Å². The SMILES string of the molecule is CCC(CC)COc1ccc(S(=O)(=O)NC(C(=O)C2C3CCC2CC(N)C3)C(F)(F)c2ccc(Br)cc2)cc1. The predicted octanol–water partition coefficient (Wildman–Crippen LogP) is 6.04. The summed E-state index contributed by atoms with van der Waals surface area (Å²) >= 11 is 3.24. The molecule has 0 radical (unpaired) electrons. The molecule has 6 nitrogen and oxygen atoms in total. The zero-order valence-corrected chi connectivity index (χ0v) is 24.7. The van der Waals surface area contributed by atoms with Crippen molar-refractivity contribution >= 4 is 31.7 Å². The minimum absolute atomic E-state index is 0.0701. The van der Waals surface area contributed by atoms with Gasteiger partial charge in [-0.3, -0.25) is 4.79 Å². The zero-order chi connectivity index (χ0) is 28.4. The van der Waals surface area contributed by atoms with Gasteiger partial charge in [0.05, 0.1) is 11.5 Å². The molecular weight excluding hydrogens is 590 g/mol. The Labute approximate surface area is 238 Å². The third-order valence-corrected chi connectivity index (χ3v) is 10.4. The van der Waals surface area contributed by atoms with Gasteiger partial charge in [-0.15, -0.1) is 0 Å². The molecule has 3 unspecified atom stereocenters. The van der Waals surface area contributed by atoms with E-state index >= 15 is 8.78 Å². The van der Waals surface area contributed by atoms with Crippen LogP contribution in [0.4, 0.5) is 8.78 Å². The van der Waals surface area contributed by atoms with Gasteiger partial charge in [-0.05, 0) is 79.8 Å². The highest BCUT2D eigenvalue weighted by atomic mass is 79.9. The van der Waals surface area contributed by atoms with Crippen LogP contribution >= 0.6 is 15.9 Å². The van der Waals surface area contributed by atoms with Gasteiger partial charge >= 0.3 is 0 Å². The molecule has 0 amide bonds. The fourth-order valence-electron chi connectivity index (χ4n) is 6.06. The second-order valence-electron chi connectivity index (χ2n) is 10.9. The second kappa shape index (κ2) is 12.3. The maximum atomic E-state index is 16.1. The molecule has 2 aromatic carbocycles. The number of hydrogen-bond acceptors (Lipinski definition) is 5. The molecule has 3 atom stereocenters. The monoisotopic (exact) mass is 626 g/mol. The number of sulfonamides is 1. The number of benzene rings is 2. The first-order chi connectivity index (χ1) is 18.5. The molecule has 0 aromatic heterocycles. The van der Waals surface area contributed by atoms with Gasteiger partial charge in [0, 0.05) is 22.0 Å². The topological polar surface area (TPSA) is 98.5 Å². The van der Waals surface area contributed by atoms with Gasteiger partial charge in [0.25, 0.3) is 5.92 Å². The molecule has 2 fully saturated rings. The molecule has 2 aromatic rings. The quantitative estimate of drug-likeness (QED) is 0.299. The van der Waals surface area contributed by atoms with Crippen molar-refractivity contribution in [3.8, 4) is 5.75 Å². The predicted molar refractivity (Wildman–Crippen MR) is 150 cm³/mol. The van der Waals surface area contributed by atoms with Crippen LogP contribution in [0, 0.1) is 23.7 Å². The summed E-state index contributed by atoms with van der Waals surface area (Å²) in [7, 11) is -4.47. The average molecular weight is 628 g/mol. The minimum atomic E-state index is -4.47. The summed E-state index contributed by atoms with van der Waals surface area (Å²) in [5, 5.41) is 0. The summed E-state index contributed by atoms with van der Waals surface area (Å²) in [6, 6.07) is 8.61. The number of ether oxygens (including phenoxy) is 1. The summed E-state index contributed by atoms with van der Waals surface area (Å²) in [4.78, 5) is 13.6. The first kappa shape index (κ1) is 30.1. The van der Waals surface area contributed by atoms with Crippen LogP contribution in [0.3, 0.4) is 0 Å². The van der Waals surface area contributed by atoms with Crippen LogP contribution in [0.2, 0.25) is 0 Å². The van der Waals surface area contributed by atoms with Crippen molar-refractivity contribution in [3.05, 3.63) is 58.6 Å². The molecule has 10 heteroatoms. The van der Waals surface area contributed by atoms with Gasteiger partial charge in [-0.2, -0.15) is 13.5 Å². The molecule has 0 saturated heterocycles. The number of rotatable bonds is 12. The summed E-state index contributed by atoms with van der Waals surface area (Å²) in [5.74, 6) is -4.56. The summed E-state index contributed by atoms with van der Waals surface area (Å²) in [6.45, 7) is 4.65. The number of carbonyl (C=O) groups is 1. The Morgan fingerprint density at radius 2 is 1.62 bits per heavy atom. The fraction of sp³-hybridized carbons (Fsp3) is 0.552. The highest BCUT2D eigenvalue weighted by molar-refractivity contribution is 9.10. The average Bonchev–Trinajstić information content (AvgIpc) is 3.18. The van der Waals surface area contributed by atoms with Crippen molar-refractivity contribution in [1.82, 2.24) is 4.72 Å². The van der Waals surface area contributed by atoms with Crippen molar-refractivity contribution in [3.63, 3.8) is 0 Å². The van der Waals surface area contributed by atoms with Gasteiger partial charge < -0.3 is 10.5 Å². The third-order valence-electron chi connectivity index (χ3n) is 8.39. The lowest BCUT2D eigenvalue weighted by molar-refractivity contribution is -0.139. The summed E-state index contributed by atoms with van der Waals surface area (Å²) in [5.41, 5.74) is 5.71. The Hall–Kier alpha value is -1.88. The zero-order valence-electron chi connectivity index (χ0n) is 22.3. The van der Waals surface area contributed by atoms with E-state index in [2.05, 4.69) is 34.5 Å². The Morgan fingerprint density at radius 3 is 2.15 bits per heavy atom. The highest BCUT2D eigenvalue weighted by Crippen LogP contribution is 2.49. The summed E-state index contributed by atoms with van der Waals surface area (Å²) < 4.78 is 67.4. The van der Waals surface area contributed by atoms with E-state index in [1.54, 1.807) is 0 Å². The second-order valence-corrected chi connectivity index (χ2v) is 13.5. The number of carbonyl (C=O) groups excluding carboxylic acids is 1. The number of fused-ring (bicyclic) bond motifs is 2. The summed E-state index contributed by atoms with van der Waals surface area (Å²) in [6.07, 6.45) is 4.54. The van der Waals surface area contributed by atoms with Crippen LogP contribution in [0.25, 0.3) is 0 Å². The highest BCUT2D eigenvalue weighted by Gasteiger charge is 2.54. The molecule has 4 rings (SSSR count). The smallest absolute Gasteiger partial charge is 0.296 e. The van der Waals surface area contributed by atoms with E-state index in [4.69, 9.17) is 10.5 Å². The van der Waals surface area contributed by atoms with Crippen LogP contribution in [0.1, 0.15) is 57.9 Å². The van der Waals surface area contributed by atoms with E-state index in [-0.39, 0.29) is 22.8 Å². The van der Waals surface area contributed by atoms with Crippen LogP contribution < -0.4 is 15.2 Å². The number of nitrogens with one attached hydrogen (secondary N) is 1. The first-order valence-corrected chi connectivity index (χ1v) is 15.9. The largest absolute Gasteiger partial charge is 0.493 e. The standard InChI is InChI=1S/C29H37BrF2N2O4S/c1-3-18(4-2)17-38-24-11-13-25(14-12-24)39(36,37)34-28(29(31,32)21-7-9-22(30)10-8-21)27(35)26-19-5-6-20(26)16-23(33)15-19/h7-14,18-20,23,26,28,34H,3-6,15-17,33H2,1-2H3. The molecule has 214 valence electrons. The van der Waals surface area contributed by atoms with Crippen molar-refractivity contribution in [2.45, 2.75) is 75.3 Å². The van der Waals surface area contributed by atoms with Crippen LogP contribution in [0.15, 0.2) is 57.9 Å². The van der Waals surface area contributed by atoms with E-state index in [1.807, 2.05) is 0 Å². The molecule has 2 bridgehead atoms. The minimum Gasteiger partial charge on any atom is -0.493 e. The maximum Gasteiger partial charge on any atom is 0.296 e. The number of halogens is 3. The van der Waals surface area contributed by atoms with E-state index < -0.39 is 39.3 Å². The van der Waals surface area contributed by atoms with Crippen LogP contribution in [0.5, 0.6) is 5.75 Å². The Bertz CT molecular complexity index is 1220. The van der Waals surface area contributed by atoms with E-state index in [9.17, 15) is 13.2 Å². The molecule has 0 aliphatic heterocycles. The van der Waals surface area contributed by atoms with Gasteiger partial charge in [0.15, 0.2) is 5.78 Å². The maximum absolute atomic E-state index is 16.1. The number of Topliss-reactive ketones (excluding diaryl/α,β-unsaturated/α-hetero) is 1. The lowest BCUT2D eigenvalue weighted by atomic mass is 9.72. The van der Waals surface area contributed by atoms with Crippen LogP contribution in [-0.4, -0.2) is 32.9 Å². The third kappa shape index (κ3) is 6.72. The molecule has 0 spiro atoms. The van der Waals surface area contributed by atoms with Gasteiger partial charge in [0.2, 0.25) is 10.0 Å². The van der Waals surface area contributed by atoms with E-state index in [1.165, 1.54) is 48.5 Å². The van der Waals surface area contributed by atoms with Gasteiger partial charge in [-0.25, -0.2) is 8.42 Å². The van der Waals surface area contributed by atoms with Crippen molar-refractivity contribution in [2.75, 3.05) is 6.61 Å². The lowest BCUT2D eigenvalue weighted by Crippen LogP contribution is -2.55. The Kier molecular flexibility index (Phi) is 9.51. The Balaban J connectivity index is 1.62. The number of hydrogen-bond donors (Lipinski definition) is 2. The number of alkyl halides is 2. The molecule has 3 N–H and O–H groups in total. The molecule has 39 heavy (non-hydrogen) atoms. The van der Waals surface area contributed by atoms with Crippen molar-refractivity contribution < 1.29 is 26.7 Å².